The van der Waals surface area contributed by atoms with Crippen molar-refractivity contribution >= 4 is 5.96 Å². The number of halogens is 3. The second-order valence-corrected chi connectivity index (χ2v) is 5.20. The summed E-state index contributed by atoms with van der Waals surface area (Å²) in [5, 5.41) is 6.24. The van der Waals surface area contributed by atoms with Gasteiger partial charge in [-0.1, -0.05) is 12.1 Å². The Morgan fingerprint density at radius 2 is 1.77 bits per heavy atom. The van der Waals surface area contributed by atoms with E-state index in [1.165, 1.54) is 12.1 Å². The third-order valence-electron chi connectivity index (χ3n) is 3.04. The maximum Gasteiger partial charge on any atom is 0.416 e. The SMILES string of the molecule is CN=C(NCCCN(C)C)NCc1ccc(C(F)(F)F)cc1. The van der Waals surface area contributed by atoms with Crippen LogP contribution in [0.25, 0.3) is 0 Å². The van der Waals surface area contributed by atoms with Gasteiger partial charge in [0.15, 0.2) is 5.96 Å². The van der Waals surface area contributed by atoms with E-state index in [4.69, 9.17) is 0 Å². The number of benzene rings is 1. The summed E-state index contributed by atoms with van der Waals surface area (Å²) in [5.74, 6) is 0.638. The summed E-state index contributed by atoms with van der Waals surface area (Å²) in [6.07, 6.45) is -3.32. The highest BCUT2D eigenvalue weighted by atomic mass is 19.4. The summed E-state index contributed by atoms with van der Waals surface area (Å²) < 4.78 is 37.4. The van der Waals surface area contributed by atoms with Crippen molar-refractivity contribution in [3.05, 3.63) is 35.4 Å². The lowest BCUT2D eigenvalue weighted by Gasteiger charge is -2.14. The van der Waals surface area contributed by atoms with Crippen molar-refractivity contribution in [2.24, 2.45) is 4.99 Å². The second-order valence-electron chi connectivity index (χ2n) is 5.20. The van der Waals surface area contributed by atoms with Gasteiger partial charge in [0, 0.05) is 20.1 Å². The maximum atomic E-state index is 12.5. The van der Waals surface area contributed by atoms with Crippen LogP contribution in [0.15, 0.2) is 29.3 Å². The molecule has 0 spiro atoms. The van der Waals surface area contributed by atoms with E-state index in [1.54, 1.807) is 7.05 Å². The highest BCUT2D eigenvalue weighted by molar-refractivity contribution is 5.79. The number of nitrogens with one attached hydrogen (secondary N) is 2. The Kier molecular flexibility index (Phi) is 7.17. The minimum absolute atomic E-state index is 0.422. The summed E-state index contributed by atoms with van der Waals surface area (Å²) in [5.41, 5.74) is 0.131. The van der Waals surface area contributed by atoms with Gasteiger partial charge in [0.1, 0.15) is 0 Å². The fourth-order valence-electron chi connectivity index (χ4n) is 1.82. The van der Waals surface area contributed by atoms with Gasteiger partial charge in [0.25, 0.3) is 0 Å². The van der Waals surface area contributed by atoms with Crippen LogP contribution in [0.2, 0.25) is 0 Å². The van der Waals surface area contributed by atoms with E-state index >= 15 is 0 Å². The standard InChI is InChI=1S/C15H23F3N4/c1-19-14(20-9-4-10-22(2)3)21-11-12-5-7-13(8-6-12)15(16,17)18/h5-8H,4,9-11H2,1-3H3,(H2,19,20,21). The Balaban J connectivity index is 2.40. The molecule has 0 saturated heterocycles. The van der Waals surface area contributed by atoms with Gasteiger partial charge in [-0.05, 0) is 44.8 Å². The molecule has 0 aliphatic rings. The van der Waals surface area contributed by atoms with Crippen molar-refractivity contribution < 1.29 is 13.2 Å². The first-order valence-electron chi connectivity index (χ1n) is 7.08. The number of alkyl halides is 3. The smallest absolute Gasteiger partial charge is 0.356 e. The van der Waals surface area contributed by atoms with Gasteiger partial charge >= 0.3 is 6.18 Å². The van der Waals surface area contributed by atoms with Gasteiger partial charge in [-0.15, -0.1) is 0 Å². The normalized spacial score (nSPS) is 12.6. The van der Waals surface area contributed by atoms with Gasteiger partial charge in [0.05, 0.1) is 5.56 Å². The molecule has 0 heterocycles. The van der Waals surface area contributed by atoms with Gasteiger partial charge in [-0.3, -0.25) is 4.99 Å². The molecular formula is C15H23F3N4. The fourth-order valence-corrected chi connectivity index (χ4v) is 1.82. The molecule has 1 aromatic carbocycles. The van der Waals surface area contributed by atoms with Gasteiger partial charge < -0.3 is 15.5 Å². The Morgan fingerprint density at radius 3 is 2.27 bits per heavy atom. The molecule has 2 N–H and O–H groups in total. The quantitative estimate of drug-likeness (QED) is 0.481. The van der Waals surface area contributed by atoms with E-state index in [0.717, 1.165) is 37.2 Å². The number of aliphatic imine (C=N–C) groups is 1. The number of hydrogen-bond donors (Lipinski definition) is 2. The van der Waals surface area contributed by atoms with E-state index < -0.39 is 11.7 Å². The second kappa shape index (κ2) is 8.63. The van der Waals surface area contributed by atoms with E-state index in [9.17, 15) is 13.2 Å². The summed E-state index contributed by atoms with van der Waals surface area (Å²) in [7, 11) is 5.68. The minimum Gasteiger partial charge on any atom is -0.356 e. The molecule has 0 saturated carbocycles. The van der Waals surface area contributed by atoms with Crippen LogP contribution in [0.3, 0.4) is 0 Å². The predicted octanol–water partition coefficient (Wildman–Crippen LogP) is 2.32. The molecule has 0 unspecified atom stereocenters. The van der Waals surface area contributed by atoms with E-state index in [0.29, 0.717) is 12.5 Å². The molecule has 0 bridgehead atoms. The molecule has 1 rings (SSSR count). The molecule has 7 heteroatoms. The van der Waals surface area contributed by atoms with Crippen molar-refractivity contribution in [3.63, 3.8) is 0 Å². The zero-order chi connectivity index (χ0) is 16.6. The van der Waals surface area contributed by atoms with Crippen molar-refractivity contribution in [2.75, 3.05) is 34.2 Å². The number of nitrogens with zero attached hydrogens (tertiary/aromatic N) is 2. The number of rotatable bonds is 6. The molecule has 4 nitrogen and oxygen atoms in total. The molecule has 0 atom stereocenters. The Labute approximate surface area is 129 Å². The van der Waals surface area contributed by atoms with Crippen LogP contribution in [-0.4, -0.2) is 45.1 Å². The first-order chi connectivity index (χ1) is 10.3. The largest absolute Gasteiger partial charge is 0.416 e. The van der Waals surface area contributed by atoms with Gasteiger partial charge in [-0.25, -0.2) is 0 Å². The van der Waals surface area contributed by atoms with E-state index in [1.807, 2.05) is 14.1 Å². The van der Waals surface area contributed by atoms with Crippen LogP contribution in [-0.2, 0) is 12.7 Å². The number of guanidine groups is 1. The average Bonchev–Trinajstić information content (AvgIpc) is 2.46. The Bertz CT molecular complexity index is 467. The average molecular weight is 316 g/mol. The molecule has 0 amide bonds. The van der Waals surface area contributed by atoms with Crippen LogP contribution in [0.5, 0.6) is 0 Å². The molecule has 22 heavy (non-hydrogen) atoms. The summed E-state index contributed by atoms with van der Waals surface area (Å²) in [4.78, 5) is 6.17. The van der Waals surface area contributed by atoms with Crippen LogP contribution >= 0.6 is 0 Å². The molecule has 0 radical (unpaired) electrons. The third-order valence-corrected chi connectivity index (χ3v) is 3.04. The lowest BCUT2D eigenvalue weighted by atomic mass is 10.1. The summed E-state index contributed by atoms with van der Waals surface area (Å²) in [6, 6.07) is 5.11. The van der Waals surface area contributed by atoms with Gasteiger partial charge in [-0.2, -0.15) is 13.2 Å². The summed E-state index contributed by atoms with van der Waals surface area (Å²) in [6.45, 7) is 2.18. The van der Waals surface area contributed by atoms with Crippen LogP contribution in [0.1, 0.15) is 17.5 Å². The van der Waals surface area contributed by atoms with Crippen molar-refractivity contribution in [1.82, 2.24) is 15.5 Å². The Morgan fingerprint density at radius 1 is 1.14 bits per heavy atom. The monoisotopic (exact) mass is 316 g/mol. The zero-order valence-corrected chi connectivity index (χ0v) is 13.2. The van der Waals surface area contributed by atoms with E-state index in [2.05, 4.69) is 20.5 Å². The van der Waals surface area contributed by atoms with Crippen molar-refractivity contribution in [2.45, 2.75) is 19.1 Å². The van der Waals surface area contributed by atoms with Crippen molar-refractivity contribution in [1.29, 1.82) is 0 Å². The molecule has 124 valence electrons. The Hall–Kier alpha value is -1.76. The first kappa shape index (κ1) is 18.3. The number of hydrogen-bond acceptors (Lipinski definition) is 2. The molecule has 0 aliphatic heterocycles. The first-order valence-corrected chi connectivity index (χ1v) is 7.08. The zero-order valence-electron chi connectivity index (χ0n) is 13.2. The molecule has 0 aromatic heterocycles. The van der Waals surface area contributed by atoms with Crippen molar-refractivity contribution in [3.8, 4) is 0 Å². The summed E-state index contributed by atoms with van der Waals surface area (Å²) >= 11 is 0. The van der Waals surface area contributed by atoms with Crippen LogP contribution < -0.4 is 10.6 Å². The molecule has 0 fully saturated rings. The lowest BCUT2D eigenvalue weighted by molar-refractivity contribution is -0.137. The fraction of sp³-hybridized carbons (Fsp3) is 0.533. The highest BCUT2D eigenvalue weighted by Gasteiger charge is 2.29. The van der Waals surface area contributed by atoms with Crippen LogP contribution in [0, 0.1) is 0 Å². The molecular weight excluding hydrogens is 293 g/mol. The third kappa shape index (κ3) is 6.80. The van der Waals surface area contributed by atoms with E-state index in [-0.39, 0.29) is 0 Å². The van der Waals surface area contributed by atoms with Gasteiger partial charge in [0.2, 0.25) is 0 Å². The molecule has 0 aliphatic carbocycles. The lowest BCUT2D eigenvalue weighted by Crippen LogP contribution is -2.38. The maximum absolute atomic E-state index is 12.5. The predicted molar refractivity (Wildman–Crippen MR) is 82.8 cm³/mol. The topological polar surface area (TPSA) is 39.7 Å². The minimum atomic E-state index is -4.30. The molecule has 1 aromatic rings. The van der Waals surface area contributed by atoms with Crippen LogP contribution in [0.4, 0.5) is 13.2 Å². The highest BCUT2D eigenvalue weighted by Crippen LogP contribution is 2.28.